The topological polar surface area (TPSA) is 69.9 Å². The fourth-order valence-corrected chi connectivity index (χ4v) is 2.51. The monoisotopic (exact) mass is 286 g/mol. The molecule has 5 nitrogen and oxygen atoms in total. The number of hydrogen-bond acceptors (Lipinski definition) is 5. The van der Waals surface area contributed by atoms with Crippen LogP contribution in [0.1, 0.15) is 26.6 Å². The molecule has 2 heterocycles. The van der Waals surface area contributed by atoms with Crippen molar-refractivity contribution in [2.75, 3.05) is 13.6 Å². The molecule has 0 fully saturated rings. The maximum absolute atomic E-state index is 12.2. The fraction of sp³-hybridized carbons (Fsp3) is 0.286. The second-order valence-electron chi connectivity index (χ2n) is 4.38. The van der Waals surface area contributed by atoms with Crippen LogP contribution in [0.2, 0.25) is 0 Å². The van der Waals surface area contributed by atoms with Crippen LogP contribution in [0.5, 0.6) is 0 Å². The standard InChI is InChI=1S/C14H14N4OS/c1-10-13(20-9-17-10)5-6-18(2)14(19)11-3-4-12(7-15)16-8-11/h3-4,8-9H,5-6H2,1-2H3. The summed E-state index contributed by atoms with van der Waals surface area (Å²) in [6.45, 7) is 2.60. The molecule has 0 aromatic carbocycles. The summed E-state index contributed by atoms with van der Waals surface area (Å²) < 4.78 is 0. The number of rotatable bonds is 4. The first-order chi connectivity index (χ1) is 9.61. The van der Waals surface area contributed by atoms with E-state index in [-0.39, 0.29) is 5.91 Å². The molecule has 0 bridgehead atoms. The van der Waals surface area contributed by atoms with E-state index in [0.717, 1.165) is 12.1 Å². The third kappa shape index (κ3) is 3.19. The Morgan fingerprint density at radius 1 is 1.45 bits per heavy atom. The zero-order chi connectivity index (χ0) is 14.5. The van der Waals surface area contributed by atoms with Gasteiger partial charge in [0.05, 0.1) is 16.8 Å². The van der Waals surface area contributed by atoms with Gasteiger partial charge in [-0.3, -0.25) is 4.79 Å². The summed E-state index contributed by atoms with van der Waals surface area (Å²) in [5.74, 6) is -0.0934. The largest absolute Gasteiger partial charge is 0.341 e. The summed E-state index contributed by atoms with van der Waals surface area (Å²) in [7, 11) is 1.76. The third-order valence-electron chi connectivity index (χ3n) is 2.99. The van der Waals surface area contributed by atoms with Crippen LogP contribution in [0.25, 0.3) is 0 Å². The van der Waals surface area contributed by atoms with Crippen LogP contribution in [0.4, 0.5) is 0 Å². The number of pyridine rings is 1. The van der Waals surface area contributed by atoms with Crippen molar-refractivity contribution in [1.29, 1.82) is 5.26 Å². The predicted molar refractivity (Wildman–Crippen MR) is 76.5 cm³/mol. The second kappa shape index (κ2) is 6.26. The molecule has 2 aromatic heterocycles. The van der Waals surface area contributed by atoms with E-state index >= 15 is 0 Å². The Labute approximate surface area is 121 Å². The third-order valence-corrected chi connectivity index (χ3v) is 3.99. The van der Waals surface area contributed by atoms with Gasteiger partial charge in [0.1, 0.15) is 11.8 Å². The number of carbonyl (C=O) groups is 1. The first-order valence-electron chi connectivity index (χ1n) is 6.12. The molecule has 2 rings (SSSR count). The van der Waals surface area contributed by atoms with Crippen molar-refractivity contribution in [2.45, 2.75) is 13.3 Å². The van der Waals surface area contributed by atoms with E-state index in [0.29, 0.717) is 17.8 Å². The smallest absolute Gasteiger partial charge is 0.255 e. The van der Waals surface area contributed by atoms with Gasteiger partial charge in [-0.2, -0.15) is 5.26 Å². The second-order valence-corrected chi connectivity index (χ2v) is 5.32. The quantitative estimate of drug-likeness (QED) is 0.862. The van der Waals surface area contributed by atoms with Crippen LogP contribution in [0.15, 0.2) is 23.8 Å². The molecule has 0 N–H and O–H groups in total. The van der Waals surface area contributed by atoms with E-state index in [2.05, 4.69) is 9.97 Å². The van der Waals surface area contributed by atoms with Crippen molar-refractivity contribution >= 4 is 17.2 Å². The summed E-state index contributed by atoms with van der Waals surface area (Å²) >= 11 is 1.61. The molecular formula is C14H14N4OS. The van der Waals surface area contributed by atoms with Crippen molar-refractivity contribution in [2.24, 2.45) is 0 Å². The average Bonchev–Trinajstić information content (AvgIpc) is 2.89. The number of aryl methyl sites for hydroxylation is 1. The molecular weight excluding hydrogens is 272 g/mol. The lowest BCUT2D eigenvalue weighted by atomic mass is 10.2. The maximum atomic E-state index is 12.2. The van der Waals surface area contributed by atoms with Gasteiger partial charge >= 0.3 is 0 Å². The van der Waals surface area contributed by atoms with E-state index in [1.807, 2.05) is 18.5 Å². The molecule has 0 radical (unpaired) electrons. The molecule has 0 saturated carbocycles. The number of amides is 1. The van der Waals surface area contributed by atoms with Gasteiger partial charge in [0, 0.05) is 31.1 Å². The minimum atomic E-state index is -0.0934. The molecule has 0 aliphatic carbocycles. The average molecular weight is 286 g/mol. The Bertz CT molecular complexity index is 642. The Balaban J connectivity index is 1.98. The normalized spacial score (nSPS) is 10.1. The Kier molecular flexibility index (Phi) is 4.43. The van der Waals surface area contributed by atoms with Gasteiger partial charge in [-0.05, 0) is 19.1 Å². The highest BCUT2D eigenvalue weighted by molar-refractivity contribution is 7.09. The summed E-state index contributed by atoms with van der Waals surface area (Å²) in [6, 6.07) is 5.11. The zero-order valence-electron chi connectivity index (χ0n) is 11.3. The highest BCUT2D eigenvalue weighted by Gasteiger charge is 2.13. The fourth-order valence-electron chi connectivity index (χ4n) is 1.74. The molecule has 6 heteroatoms. The molecule has 0 saturated heterocycles. The van der Waals surface area contributed by atoms with Gasteiger partial charge in [0.25, 0.3) is 5.91 Å². The van der Waals surface area contributed by atoms with Crippen LogP contribution in [0, 0.1) is 18.3 Å². The lowest BCUT2D eigenvalue weighted by Crippen LogP contribution is -2.28. The summed E-state index contributed by atoms with van der Waals surface area (Å²) in [6.07, 6.45) is 2.23. The lowest BCUT2D eigenvalue weighted by molar-refractivity contribution is 0.0796. The predicted octanol–water partition coefficient (Wildman–Crippen LogP) is 2.03. The molecule has 0 atom stereocenters. The van der Waals surface area contributed by atoms with Crippen LogP contribution in [-0.4, -0.2) is 34.4 Å². The van der Waals surface area contributed by atoms with Crippen LogP contribution in [0.3, 0.4) is 0 Å². The van der Waals surface area contributed by atoms with Gasteiger partial charge in [-0.15, -0.1) is 11.3 Å². The maximum Gasteiger partial charge on any atom is 0.255 e. The summed E-state index contributed by atoms with van der Waals surface area (Å²) in [4.78, 5) is 23.1. The van der Waals surface area contributed by atoms with E-state index in [9.17, 15) is 4.79 Å². The highest BCUT2D eigenvalue weighted by atomic mass is 32.1. The first-order valence-corrected chi connectivity index (χ1v) is 7.00. The van der Waals surface area contributed by atoms with E-state index in [4.69, 9.17) is 5.26 Å². The number of likely N-dealkylation sites (N-methyl/N-ethyl adjacent to an activating group) is 1. The minimum absolute atomic E-state index is 0.0934. The van der Waals surface area contributed by atoms with Crippen molar-refractivity contribution in [3.05, 3.63) is 45.7 Å². The molecule has 2 aromatic rings. The molecule has 102 valence electrons. The van der Waals surface area contributed by atoms with Gasteiger partial charge in [0.15, 0.2) is 0 Å². The van der Waals surface area contributed by atoms with Gasteiger partial charge in [-0.25, -0.2) is 9.97 Å². The Morgan fingerprint density at radius 3 is 2.80 bits per heavy atom. The van der Waals surface area contributed by atoms with Crippen molar-refractivity contribution in [3.8, 4) is 6.07 Å². The lowest BCUT2D eigenvalue weighted by Gasteiger charge is -2.16. The van der Waals surface area contributed by atoms with Crippen LogP contribution in [-0.2, 0) is 6.42 Å². The van der Waals surface area contributed by atoms with Crippen LogP contribution >= 0.6 is 11.3 Å². The Morgan fingerprint density at radius 2 is 2.25 bits per heavy atom. The van der Waals surface area contributed by atoms with Crippen LogP contribution < -0.4 is 0 Å². The number of carbonyl (C=O) groups excluding carboxylic acids is 1. The van der Waals surface area contributed by atoms with Gasteiger partial charge in [0.2, 0.25) is 0 Å². The summed E-state index contributed by atoms with van der Waals surface area (Å²) in [5, 5.41) is 8.68. The number of thiazole rings is 1. The zero-order valence-corrected chi connectivity index (χ0v) is 12.1. The van der Waals surface area contributed by atoms with Gasteiger partial charge in [-0.1, -0.05) is 0 Å². The number of aromatic nitrogens is 2. The number of nitriles is 1. The highest BCUT2D eigenvalue weighted by Crippen LogP contribution is 2.13. The minimum Gasteiger partial charge on any atom is -0.341 e. The SMILES string of the molecule is Cc1ncsc1CCN(C)C(=O)c1ccc(C#N)nc1. The van der Waals surface area contributed by atoms with Crippen molar-refractivity contribution in [1.82, 2.24) is 14.9 Å². The molecule has 0 spiro atoms. The van der Waals surface area contributed by atoms with E-state index in [1.54, 1.807) is 35.4 Å². The summed E-state index contributed by atoms with van der Waals surface area (Å²) in [5.41, 5.74) is 3.64. The first kappa shape index (κ1) is 14.2. The van der Waals surface area contributed by atoms with E-state index < -0.39 is 0 Å². The molecule has 20 heavy (non-hydrogen) atoms. The molecule has 0 aliphatic rings. The number of nitrogens with zero attached hydrogens (tertiary/aromatic N) is 4. The molecule has 1 amide bonds. The van der Waals surface area contributed by atoms with Crippen molar-refractivity contribution in [3.63, 3.8) is 0 Å². The number of hydrogen-bond donors (Lipinski definition) is 0. The molecule has 0 unspecified atom stereocenters. The Hall–Kier alpha value is -2.26. The van der Waals surface area contributed by atoms with Crippen molar-refractivity contribution < 1.29 is 4.79 Å². The van der Waals surface area contributed by atoms with Gasteiger partial charge < -0.3 is 4.90 Å². The van der Waals surface area contributed by atoms with E-state index in [1.165, 1.54) is 11.1 Å². The molecule has 0 aliphatic heterocycles.